The molecular weight excluding hydrogens is 751 g/mol. The number of thiophene rings is 1. The monoisotopic (exact) mass is 803 g/mol. The standard InChI is InChI=1S/C25H24NS.C15H28O2.Ir/c1-24(2)13-14-25(3,4)21-18(24)11-10-17-20-19(27-23(17)21)12-15-26-22(20)16-8-6-5-7-9-16;1-7-14(5,8-2)12(16)11-13(17)15(6,9-3)10-4;/h5-8,10-12,15H,13-14H2,1-4H3;11,16H,7-10H2,1-6H3;/q-1;;/b;12-11-;. The summed E-state index contributed by atoms with van der Waals surface area (Å²) < 4.78 is 2.77. The fraction of sp³-hybridized carbons (Fsp3) is 0.500. The van der Waals surface area contributed by atoms with Gasteiger partial charge in [0.05, 0.1) is 0 Å². The van der Waals surface area contributed by atoms with Crippen LogP contribution < -0.4 is 0 Å². The van der Waals surface area contributed by atoms with Crippen LogP contribution in [0.4, 0.5) is 0 Å². The van der Waals surface area contributed by atoms with Crippen LogP contribution >= 0.6 is 11.3 Å². The number of ketones is 1. The Morgan fingerprint density at radius 1 is 0.933 bits per heavy atom. The average molecular weight is 803 g/mol. The molecule has 1 N–H and O–H groups in total. The second-order valence-corrected chi connectivity index (χ2v) is 15.5. The number of pyridine rings is 1. The summed E-state index contributed by atoms with van der Waals surface area (Å²) in [6, 6.07) is 18.4. The van der Waals surface area contributed by atoms with Gasteiger partial charge >= 0.3 is 0 Å². The van der Waals surface area contributed by atoms with Crippen molar-refractivity contribution in [1.82, 2.24) is 4.98 Å². The van der Waals surface area contributed by atoms with E-state index in [9.17, 15) is 9.90 Å². The Labute approximate surface area is 289 Å². The van der Waals surface area contributed by atoms with Gasteiger partial charge in [-0.1, -0.05) is 81.4 Å². The van der Waals surface area contributed by atoms with E-state index in [0.717, 1.165) is 36.9 Å². The van der Waals surface area contributed by atoms with Crippen molar-refractivity contribution in [3.05, 3.63) is 77.7 Å². The minimum atomic E-state index is -0.337. The number of carbonyl (C=O) groups is 1. The van der Waals surface area contributed by atoms with E-state index >= 15 is 0 Å². The molecule has 0 aliphatic heterocycles. The number of fused-ring (bicyclic) bond motifs is 5. The van der Waals surface area contributed by atoms with Crippen LogP contribution in [0.25, 0.3) is 31.4 Å². The third-order valence-corrected chi connectivity index (χ3v) is 12.1. The van der Waals surface area contributed by atoms with Crippen LogP contribution in [0.1, 0.15) is 119 Å². The molecule has 1 aliphatic carbocycles. The van der Waals surface area contributed by atoms with Crippen molar-refractivity contribution in [3.8, 4) is 11.3 Å². The molecule has 0 saturated carbocycles. The van der Waals surface area contributed by atoms with Gasteiger partial charge in [-0.25, -0.2) is 0 Å². The maximum atomic E-state index is 12.2. The van der Waals surface area contributed by atoms with Gasteiger partial charge in [0.25, 0.3) is 0 Å². The number of allylic oxidation sites excluding steroid dienone is 2. The van der Waals surface area contributed by atoms with Gasteiger partial charge in [-0.05, 0) is 83.0 Å². The van der Waals surface area contributed by atoms with E-state index in [-0.39, 0.29) is 53.3 Å². The third kappa shape index (κ3) is 7.16. The molecule has 0 spiro atoms. The van der Waals surface area contributed by atoms with Gasteiger partial charge in [0, 0.05) is 52.6 Å². The summed E-state index contributed by atoms with van der Waals surface area (Å²) in [6.07, 6.45) is 9.17. The quantitative estimate of drug-likeness (QED) is 0.110. The molecule has 2 heterocycles. The molecule has 5 rings (SSSR count). The molecule has 0 fully saturated rings. The van der Waals surface area contributed by atoms with Gasteiger partial charge in [-0.15, -0.1) is 47.2 Å². The second-order valence-electron chi connectivity index (χ2n) is 14.5. The van der Waals surface area contributed by atoms with Crippen molar-refractivity contribution in [2.75, 3.05) is 0 Å². The Hall–Kier alpha value is -2.33. The van der Waals surface area contributed by atoms with E-state index in [1.165, 1.54) is 44.7 Å². The molecule has 2 aromatic carbocycles. The topological polar surface area (TPSA) is 50.2 Å². The van der Waals surface area contributed by atoms with Gasteiger partial charge in [0.15, 0.2) is 5.78 Å². The van der Waals surface area contributed by atoms with Gasteiger partial charge in [-0.3, -0.25) is 4.79 Å². The van der Waals surface area contributed by atoms with Crippen LogP contribution in [0.2, 0.25) is 0 Å². The Morgan fingerprint density at radius 2 is 1.56 bits per heavy atom. The van der Waals surface area contributed by atoms with Crippen LogP contribution in [-0.4, -0.2) is 15.9 Å². The first-order valence-electron chi connectivity index (χ1n) is 16.5. The SMILES string of the molecule is CC1(C)CCC(C)(C)c2c1ccc1c2sc2ccnc(-c3[c-]cccc3)c21.CCC(C)(CC)C(=O)/C=C(\O)C(C)(CC)CC.[Ir]. The number of aromatic nitrogens is 1. The molecule has 1 radical (unpaired) electrons. The fourth-order valence-corrected chi connectivity index (χ4v) is 7.76. The van der Waals surface area contributed by atoms with Crippen molar-refractivity contribution in [2.24, 2.45) is 10.8 Å². The van der Waals surface area contributed by atoms with Crippen molar-refractivity contribution in [2.45, 2.75) is 119 Å². The number of aliphatic hydroxyl groups excluding tert-OH is 1. The number of hydrogen-bond acceptors (Lipinski definition) is 4. The summed E-state index contributed by atoms with van der Waals surface area (Å²) in [5, 5.41) is 12.8. The van der Waals surface area contributed by atoms with Gasteiger partial charge in [0.2, 0.25) is 0 Å². The van der Waals surface area contributed by atoms with Crippen LogP contribution in [-0.2, 0) is 35.7 Å². The minimum Gasteiger partial charge on any atom is -0.512 e. The molecule has 0 atom stereocenters. The first-order valence-corrected chi connectivity index (χ1v) is 17.3. The molecule has 5 heteroatoms. The van der Waals surface area contributed by atoms with Crippen molar-refractivity contribution in [1.29, 1.82) is 0 Å². The molecule has 1 aliphatic rings. The van der Waals surface area contributed by atoms with Gasteiger partial charge < -0.3 is 10.1 Å². The molecule has 0 amide bonds. The molecule has 3 nitrogen and oxygen atoms in total. The number of hydrogen-bond donors (Lipinski definition) is 1. The summed E-state index contributed by atoms with van der Waals surface area (Å²) in [4.78, 5) is 16.9. The number of benzene rings is 2. The van der Waals surface area contributed by atoms with E-state index in [4.69, 9.17) is 4.98 Å². The molecule has 0 unspecified atom stereocenters. The summed E-state index contributed by atoms with van der Waals surface area (Å²) in [6.45, 7) is 21.7. The fourth-order valence-electron chi connectivity index (χ4n) is 6.33. The van der Waals surface area contributed by atoms with E-state index < -0.39 is 0 Å². The molecule has 0 bridgehead atoms. The van der Waals surface area contributed by atoms with Crippen LogP contribution in [0.5, 0.6) is 0 Å². The van der Waals surface area contributed by atoms with E-state index in [1.807, 2.05) is 71.2 Å². The van der Waals surface area contributed by atoms with Crippen molar-refractivity contribution in [3.63, 3.8) is 0 Å². The van der Waals surface area contributed by atoms with E-state index in [2.05, 4.69) is 64.1 Å². The summed E-state index contributed by atoms with van der Waals surface area (Å²) in [7, 11) is 0. The number of rotatable bonds is 8. The largest absolute Gasteiger partial charge is 0.512 e. The third-order valence-electron chi connectivity index (χ3n) is 10.9. The van der Waals surface area contributed by atoms with Crippen LogP contribution in [0.15, 0.2) is 60.5 Å². The molecule has 4 aromatic rings. The van der Waals surface area contributed by atoms with Crippen molar-refractivity contribution >= 4 is 37.3 Å². The van der Waals surface area contributed by atoms with E-state index in [0.29, 0.717) is 0 Å². The number of carbonyl (C=O) groups excluding carboxylic acids is 1. The molecule has 45 heavy (non-hydrogen) atoms. The summed E-state index contributed by atoms with van der Waals surface area (Å²) >= 11 is 1.93. The maximum Gasteiger partial charge on any atom is 0.164 e. The maximum absolute atomic E-state index is 12.2. The van der Waals surface area contributed by atoms with Crippen LogP contribution in [0, 0.1) is 16.9 Å². The predicted octanol–water partition coefficient (Wildman–Crippen LogP) is 11.9. The molecule has 0 saturated heterocycles. The zero-order chi connectivity index (χ0) is 32.5. The van der Waals surface area contributed by atoms with Gasteiger partial charge in [0.1, 0.15) is 5.76 Å². The summed E-state index contributed by atoms with van der Waals surface area (Å²) in [5.74, 6) is 0.286. The average Bonchev–Trinajstić information content (AvgIpc) is 3.41. The Morgan fingerprint density at radius 3 is 2.13 bits per heavy atom. The predicted molar refractivity (Wildman–Crippen MR) is 190 cm³/mol. The zero-order valence-electron chi connectivity index (χ0n) is 29.0. The molecule has 2 aromatic heterocycles. The Bertz CT molecular complexity index is 1660. The van der Waals surface area contributed by atoms with Crippen molar-refractivity contribution < 1.29 is 30.0 Å². The first-order chi connectivity index (χ1) is 20.7. The second kappa shape index (κ2) is 14.2. The molecule has 245 valence electrons. The normalized spacial score (nSPS) is 16.0. The number of nitrogens with zero attached hydrogens (tertiary/aromatic N) is 1. The Balaban J connectivity index is 0.000000270. The van der Waals surface area contributed by atoms with Gasteiger partial charge in [-0.2, -0.15) is 0 Å². The van der Waals surface area contributed by atoms with Crippen LogP contribution in [0.3, 0.4) is 0 Å². The summed E-state index contributed by atoms with van der Waals surface area (Å²) in [5.41, 5.74) is 5.04. The number of aliphatic hydroxyl groups is 1. The smallest absolute Gasteiger partial charge is 0.164 e. The Kier molecular flexibility index (Phi) is 11.7. The molecular formula is C40H52IrNO2S-. The minimum absolute atomic E-state index is 0. The zero-order valence-corrected chi connectivity index (χ0v) is 32.2. The van der Waals surface area contributed by atoms with E-state index in [1.54, 1.807) is 5.56 Å². The first kappa shape index (κ1) is 37.1.